The molecule has 0 aliphatic carbocycles. The number of anilines is 3. The Morgan fingerprint density at radius 1 is 1.33 bits per heavy atom. The summed E-state index contributed by atoms with van der Waals surface area (Å²) in [6, 6.07) is 6.03. The number of rotatable bonds is 7. The summed E-state index contributed by atoms with van der Waals surface area (Å²) in [5.74, 6) is 1.14. The molecule has 7 heteroatoms. The smallest absolute Gasteiger partial charge is 0.249 e. The van der Waals surface area contributed by atoms with Gasteiger partial charge in [0.05, 0.1) is 11.9 Å². The maximum atomic E-state index is 5.00. The van der Waals surface area contributed by atoms with Crippen molar-refractivity contribution in [2.24, 2.45) is 0 Å². The molecule has 0 fully saturated rings. The van der Waals surface area contributed by atoms with Crippen LogP contribution in [-0.2, 0) is 4.74 Å². The van der Waals surface area contributed by atoms with Crippen LogP contribution in [0.4, 0.5) is 17.5 Å². The van der Waals surface area contributed by atoms with Gasteiger partial charge in [0.2, 0.25) is 5.95 Å². The molecule has 2 N–H and O–H groups in total. The summed E-state index contributed by atoms with van der Waals surface area (Å²) in [7, 11) is 1.69. The average molecular weight is 352 g/mol. The van der Waals surface area contributed by atoms with Crippen molar-refractivity contribution in [1.29, 1.82) is 0 Å². The van der Waals surface area contributed by atoms with Crippen LogP contribution in [0.1, 0.15) is 12.0 Å². The predicted octanol–water partition coefficient (Wildman–Crippen LogP) is 3.13. The molecule has 0 atom stereocenters. The van der Waals surface area contributed by atoms with Crippen LogP contribution in [0.5, 0.6) is 0 Å². The highest BCUT2D eigenvalue weighted by Gasteiger charge is 2.04. The van der Waals surface area contributed by atoms with E-state index in [9.17, 15) is 0 Å². The van der Waals surface area contributed by atoms with Gasteiger partial charge in [0.1, 0.15) is 0 Å². The number of halogens is 1. The van der Waals surface area contributed by atoms with E-state index in [0.717, 1.165) is 23.1 Å². The molecule has 0 aliphatic heterocycles. The number of ether oxygens (including phenoxy) is 1. The Morgan fingerprint density at radius 3 is 2.95 bits per heavy atom. The van der Waals surface area contributed by atoms with E-state index in [1.165, 1.54) is 5.56 Å². The number of benzene rings is 1. The van der Waals surface area contributed by atoms with Gasteiger partial charge in [0.15, 0.2) is 5.82 Å². The van der Waals surface area contributed by atoms with E-state index in [2.05, 4.69) is 41.7 Å². The molecular weight excluding hydrogens is 334 g/mol. The van der Waals surface area contributed by atoms with Crippen molar-refractivity contribution in [2.75, 3.05) is 30.9 Å². The minimum Gasteiger partial charge on any atom is -0.385 e. The maximum Gasteiger partial charge on any atom is 0.249 e. The number of aromatic nitrogens is 3. The standard InChI is InChI=1S/C14H18BrN5O/c1-10-4-5-12(11(15)8-10)18-14-19-13(9-17-20-14)16-6-3-7-21-2/h4-5,8-9H,3,6-7H2,1-2H3,(H2,16,18,19,20). The molecular formula is C14H18BrN5O. The maximum absolute atomic E-state index is 5.00. The third-order valence-corrected chi connectivity index (χ3v) is 3.42. The van der Waals surface area contributed by atoms with Crippen molar-refractivity contribution in [3.63, 3.8) is 0 Å². The van der Waals surface area contributed by atoms with E-state index in [1.54, 1.807) is 13.3 Å². The molecule has 1 aromatic heterocycles. The second kappa shape index (κ2) is 7.90. The molecule has 0 amide bonds. The van der Waals surface area contributed by atoms with Gasteiger partial charge < -0.3 is 15.4 Å². The molecule has 6 nitrogen and oxygen atoms in total. The van der Waals surface area contributed by atoms with Gasteiger partial charge in [-0.25, -0.2) is 0 Å². The van der Waals surface area contributed by atoms with E-state index < -0.39 is 0 Å². The van der Waals surface area contributed by atoms with E-state index in [1.807, 2.05) is 25.1 Å². The fraction of sp³-hybridized carbons (Fsp3) is 0.357. The lowest BCUT2D eigenvalue weighted by Crippen LogP contribution is -2.08. The Labute approximate surface area is 132 Å². The van der Waals surface area contributed by atoms with Gasteiger partial charge in [-0.05, 0) is 47.0 Å². The minimum absolute atomic E-state index is 0.455. The normalized spacial score (nSPS) is 10.4. The zero-order valence-electron chi connectivity index (χ0n) is 12.1. The molecule has 0 saturated heterocycles. The van der Waals surface area contributed by atoms with Crippen molar-refractivity contribution in [3.8, 4) is 0 Å². The van der Waals surface area contributed by atoms with E-state index in [-0.39, 0.29) is 0 Å². The Bertz CT molecular complexity index is 593. The Kier molecular flexibility index (Phi) is 5.89. The summed E-state index contributed by atoms with van der Waals surface area (Å²) in [6.45, 7) is 3.53. The first-order valence-electron chi connectivity index (χ1n) is 6.65. The zero-order valence-corrected chi connectivity index (χ0v) is 13.6. The number of nitrogens with one attached hydrogen (secondary N) is 2. The monoisotopic (exact) mass is 351 g/mol. The highest BCUT2D eigenvalue weighted by molar-refractivity contribution is 9.10. The van der Waals surface area contributed by atoms with Crippen molar-refractivity contribution in [3.05, 3.63) is 34.4 Å². The van der Waals surface area contributed by atoms with Gasteiger partial charge in [-0.15, -0.1) is 5.10 Å². The van der Waals surface area contributed by atoms with Crippen molar-refractivity contribution in [1.82, 2.24) is 15.2 Å². The number of methoxy groups -OCH3 is 1. The molecule has 0 radical (unpaired) electrons. The van der Waals surface area contributed by atoms with E-state index in [0.29, 0.717) is 18.4 Å². The number of hydrogen-bond donors (Lipinski definition) is 2. The largest absolute Gasteiger partial charge is 0.385 e. The summed E-state index contributed by atoms with van der Waals surface area (Å²) in [5.41, 5.74) is 2.08. The highest BCUT2D eigenvalue weighted by Crippen LogP contribution is 2.25. The van der Waals surface area contributed by atoms with Crippen molar-refractivity contribution >= 4 is 33.4 Å². The summed E-state index contributed by atoms with van der Waals surface area (Å²) in [6.07, 6.45) is 2.51. The molecule has 1 heterocycles. The van der Waals surface area contributed by atoms with Crippen LogP contribution in [0.25, 0.3) is 0 Å². The number of hydrogen-bond acceptors (Lipinski definition) is 6. The summed E-state index contributed by atoms with van der Waals surface area (Å²) in [5, 5.41) is 14.3. The van der Waals surface area contributed by atoms with Gasteiger partial charge in [-0.2, -0.15) is 10.1 Å². The number of nitrogens with zero attached hydrogens (tertiary/aromatic N) is 3. The van der Waals surface area contributed by atoms with Gasteiger partial charge >= 0.3 is 0 Å². The third kappa shape index (κ3) is 4.95. The second-order valence-electron chi connectivity index (χ2n) is 4.55. The van der Waals surface area contributed by atoms with Gasteiger partial charge in [0.25, 0.3) is 0 Å². The Balaban J connectivity index is 2.00. The van der Waals surface area contributed by atoms with Gasteiger partial charge in [-0.1, -0.05) is 6.07 Å². The first kappa shape index (κ1) is 15.7. The minimum atomic E-state index is 0.455. The fourth-order valence-corrected chi connectivity index (χ4v) is 2.31. The quantitative estimate of drug-likeness (QED) is 0.746. The first-order valence-corrected chi connectivity index (χ1v) is 7.44. The average Bonchev–Trinajstić information content (AvgIpc) is 2.47. The lowest BCUT2D eigenvalue weighted by Gasteiger charge is -2.09. The highest BCUT2D eigenvalue weighted by atomic mass is 79.9. The van der Waals surface area contributed by atoms with Crippen molar-refractivity contribution < 1.29 is 4.74 Å². The molecule has 0 spiro atoms. The van der Waals surface area contributed by atoms with E-state index in [4.69, 9.17) is 4.74 Å². The summed E-state index contributed by atoms with van der Waals surface area (Å²) in [4.78, 5) is 4.37. The van der Waals surface area contributed by atoms with Crippen LogP contribution in [-0.4, -0.2) is 35.4 Å². The molecule has 1 aromatic carbocycles. The van der Waals surface area contributed by atoms with Crippen LogP contribution in [0, 0.1) is 6.92 Å². The number of aryl methyl sites for hydroxylation is 1. The van der Waals surface area contributed by atoms with Gasteiger partial charge in [0, 0.05) is 24.7 Å². The van der Waals surface area contributed by atoms with Crippen molar-refractivity contribution in [2.45, 2.75) is 13.3 Å². The third-order valence-electron chi connectivity index (χ3n) is 2.76. The van der Waals surface area contributed by atoms with Gasteiger partial charge in [-0.3, -0.25) is 0 Å². The van der Waals surface area contributed by atoms with Crippen LogP contribution in [0.3, 0.4) is 0 Å². The lowest BCUT2D eigenvalue weighted by molar-refractivity contribution is 0.197. The molecule has 0 unspecified atom stereocenters. The molecule has 2 aromatic rings. The van der Waals surface area contributed by atoms with Crippen LogP contribution in [0.15, 0.2) is 28.9 Å². The summed E-state index contributed by atoms with van der Waals surface area (Å²) >= 11 is 3.51. The first-order chi connectivity index (χ1) is 10.2. The fourth-order valence-electron chi connectivity index (χ4n) is 1.72. The Morgan fingerprint density at radius 2 is 2.19 bits per heavy atom. The second-order valence-corrected chi connectivity index (χ2v) is 5.40. The molecule has 112 valence electrons. The SMILES string of the molecule is COCCCNc1cnnc(Nc2ccc(C)cc2Br)n1. The van der Waals surface area contributed by atoms with Crippen LogP contribution < -0.4 is 10.6 Å². The molecule has 2 rings (SSSR count). The molecule has 0 saturated carbocycles. The Hall–Kier alpha value is -1.73. The molecule has 0 aliphatic rings. The zero-order chi connectivity index (χ0) is 15.1. The van der Waals surface area contributed by atoms with E-state index >= 15 is 0 Å². The van der Waals surface area contributed by atoms with Crippen LogP contribution >= 0.6 is 15.9 Å². The molecule has 0 bridgehead atoms. The molecule has 21 heavy (non-hydrogen) atoms. The topological polar surface area (TPSA) is 72.0 Å². The predicted molar refractivity (Wildman–Crippen MR) is 87.0 cm³/mol. The lowest BCUT2D eigenvalue weighted by atomic mass is 10.2. The van der Waals surface area contributed by atoms with Crippen LogP contribution in [0.2, 0.25) is 0 Å². The summed E-state index contributed by atoms with van der Waals surface area (Å²) < 4.78 is 5.96.